The summed E-state index contributed by atoms with van der Waals surface area (Å²) < 4.78 is 78.4. The maximum atomic E-state index is 14.7. The van der Waals surface area contributed by atoms with Crippen molar-refractivity contribution in [2.75, 3.05) is 6.61 Å². The molecule has 4 rings (SSSR count). The zero-order valence-corrected chi connectivity index (χ0v) is 19.6. The second-order valence-corrected chi connectivity index (χ2v) is 8.71. The Bertz CT molecular complexity index is 1220. The number of aryl methyl sites for hydroxylation is 1. The number of esters is 1. The third kappa shape index (κ3) is 5.53. The fourth-order valence-corrected chi connectivity index (χ4v) is 4.49. The van der Waals surface area contributed by atoms with Crippen molar-refractivity contribution in [3.63, 3.8) is 0 Å². The van der Waals surface area contributed by atoms with Gasteiger partial charge in [-0.05, 0) is 84.3 Å². The number of hydrogen-bond acceptors (Lipinski definition) is 3. The number of hydrogen-bond donors (Lipinski definition) is 0. The Morgan fingerprint density at radius 1 is 0.944 bits per heavy atom. The van der Waals surface area contributed by atoms with Crippen LogP contribution in [0.5, 0.6) is 5.75 Å². The fourth-order valence-electron chi connectivity index (χ4n) is 4.49. The number of fused-ring (bicyclic) bond motifs is 1. The minimum Gasteiger partial charge on any atom is -0.489 e. The van der Waals surface area contributed by atoms with E-state index in [0.717, 1.165) is 23.3 Å². The summed E-state index contributed by atoms with van der Waals surface area (Å²) in [5, 5.41) is 0. The van der Waals surface area contributed by atoms with E-state index in [1.807, 2.05) is 12.1 Å². The van der Waals surface area contributed by atoms with Crippen molar-refractivity contribution in [3.05, 3.63) is 89.0 Å². The van der Waals surface area contributed by atoms with E-state index < -0.39 is 29.5 Å². The summed E-state index contributed by atoms with van der Waals surface area (Å²) in [7, 11) is 0. The molecule has 36 heavy (non-hydrogen) atoms. The van der Waals surface area contributed by atoms with Crippen LogP contribution in [-0.4, -0.2) is 18.5 Å². The van der Waals surface area contributed by atoms with Crippen LogP contribution in [0.2, 0.25) is 0 Å². The first-order valence-electron chi connectivity index (χ1n) is 11.7. The minimum absolute atomic E-state index is 0.110. The number of carbonyl (C=O) groups excluding carboxylic acids is 1. The molecule has 0 heterocycles. The highest BCUT2D eigenvalue weighted by atomic mass is 19.4. The molecule has 1 unspecified atom stereocenters. The maximum absolute atomic E-state index is 14.7. The maximum Gasteiger partial charge on any atom is 0.416 e. The second-order valence-electron chi connectivity index (χ2n) is 8.71. The van der Waals surface area contributed by atoms with Gasteiger partial charge in [-0.15, -0.1) is 0 Å². The Morgan fingerprint density at radius 2 is 1.69 bits per heavy atom. The van der Waals surface area contributed by atoms with E-state index in [2.05, 4.69) is 4.74 Å². The molecule has 190 valence electrons. The van der Waals surface area contributed by atoms with Crippen molar-refractivity contribution in [2.45, 2.75) is 50.8 Å². The first-order valence-corrected chi connectivity index (χ1v) is 11.7. The lowest BCUT2D eigenvalue weighted by molar-refractivity contribution is -0.175. The summed E-state index contributed by atoms with van der Waals surface area (Å²) in [6, 6.07) is 17.1. The van der Waals surface area contributed by atoms with Gasteiger partial charge in [-0.1, -0.05) is 36.4 Å². The molecule has 0 saturated carbocycles. The van der Waals surface area contributed by atoms with Crippen molar-refractivity contribution in [3.8, 4) is 16.9 Å². The summed E-state index contributed by atoms with van der Waals surface area (Å²) in [6.07, 6.45) is -3.08. The standard InChI is InChI=1S/C28H25F5O3/c1-2-35-26(34)27(29,30)25-8-4-7-21-16-23(13-14-24(21)25)36-17-18-5-3-6-20(15-18)19-9-11-22(12-10-19)28(31,32)33/h3,5-6,9-16,25H,2,4,7-8,17H2,1H3. The minimum atomic E-state index is -4.39. The van der Waals surface area contributed by atoms with Gasteiger partial charge in [-0.2, -0.15) is 22.0 Å². The predicted octanol–water partition coefficient (Wildman–Crippen LogP) is 7.57. The zero-order valence-electron chi connectivity index (χ0n) is 19.6. The Labute approximate surface area is 205 Å². The van der Waals surface area contributed by atoms with Crippen LogP contribution in [0.25, 0.3) is 11.1 Å². The average molecular weight is 504 g/mol. The third-order valence-electron chi connectivity index (χ3n) is 6.29. The molecule has 0 aliphatic heterocycles. The van der Waals surface area contributed by atoms with E-state index in [1.54, 1.807) is 30.3 Å². The van der Waals surface area contributed by atoms with Crippen LogP contribution in [-0.2, 0) is 28.7 Å². The Kier molecular flexibility index (Phi) is 7.33. The van der Waals surface area contributed by atoms with Crippen LogP contribution in [0.1, 0.15) is 47.9 Å². The molecule has 1 aliphatic rings. The van der Waals surface area contributed by atoms with Crippen LogP contribution < -0.4 is 4.74 Å². The summed E-state index contributed by atoms with van der Waals surface area (Å²) in [5.74, 6) is -5.84. The normalized spacial score (nSPS) is 15.8. The van der Waals surface area contributed by atoms with E-state index in [0.29, 0.717) is 35.3 Å². The number of ether oxygens (including phenoxy) is 2. The van der Waals surface area contributed by atoms with Gasteiger partial charge in [0, 0.05) is 0 Å². The van der Waals surface area contributed by atoms with Gasteiger partial charge < -0.3 is 9.47 Å². The quantitative estimate of drug-likeness (QED) is 0.246. The van der Waals surface area contributed by atoms with Gasteiger partial charge >= 0.3 is 18.1 Å². The highest BCUT2D eigenvalue weighted by Crippen LogP contribution is 2.44. The van der Waals surface area contributed by atoms with Crippen molar-refractivity contribution < 1.29 is 36.2 Å². The second kappa shape index (κ2) is 10.3. The molecule has 0 bridgehead atoms. The summed E-state index contributed by atoms with van der Waals surface area (Å²) in [5.41, 5.74) is 2.63. The Hall–Kier alpha value is -3.42. The fraction of sp³-hybridized carbons (Fsp3) is 0.321. The molecule has 1 aliphatic carbocycles. The number of benzene rings is 3. The molecule has 0 N–H and O–H groups in total. The van der Waals surface area contributed by atoms with E-state index in [9.17, 15) is 26.7 Å². The van der Waals surface area contributed by atoms with Crippen LogP contribution in [0.4, 0.5) is 22.0 Å². The van der Waals surface area contributed by atoms with Crippen molar-refractivity contribution >= 4 is 5.97 Å². The third-order valence-corrected chi connectivity index (χ3v) is 6.29. The number of rotatable bonds is 7. The lowest BCUT2D eigenvalue weighted by Gasteiger charge is -2.30. The molecule has 1 atom stereocenters. The largest absolute Gasteiger partial charge is 0.489 e. The van der Waals surface area contributed by atoms with Crippen LogP contribution in [0, 0.1) is 0 Å². The highest BCUT2D eigenvalue weighted by molar-refractivity contribution is 5.79. The Balaban J connectivity index is 1.47. The van der Waals surface area contributed by atoms with Gasteiger partial charge in [0.2, 0.25) is 0 Å². The summed E-state index contributed by atoms with van der Waals surface area (Å²) >= 11 is 0. The molecule has 0 saturated heterocycles. The first kappa shape index (κ1) is 25.7. The lowest BCUT2D eigenvalue weighted by atomic mass is 9.79. The van der Waals surface area contributed by atoms with Gasteiger partial charge in [-0.25, -0.2) is 4.79 Å². The predicted molar refractivity (Wildman–Crippen MR) is 125 cm³/mol. The molecule has 0 spiro atoms. The van der Waals surface area contributed by atoms with Crippen LogP contribution >= 0.6 is 0 Å². The molecule has 8 heteroatoms. The topological polar surface area (TPSA) is 35.5 Å². The van der Waals surface area contributed by atoms with Gasteiger partial charge in [0.15, 0.2) is 0 Å². The molecular formula is C28H25F5O3. The number of carbonyl (C=O) groups is 1. The molecule has 3 nitrogen and oxygen atoms in total. The monoisotopic (exact) mass is 504 g/mol. The van der Waals surface area contributed by atoms with Gasteiger partial charge in [0.05, 0.1) is 18.1 Å². The number of halogens is 5. The lowest BCUT2D eigenvalue weighted by Crippen LogP contribution is -2.39. The molecule has 0 amide bonds. The molecule has 3 aromatic rings. The molecule has 3 aromatic carbocycles. The highest BCUT2D eigenvalue weighted by Gasteiger charge is 2.50. The molecule has 0 fully saturated rings. The van der Waals surface area contributed by atoms with Crippen molar-refractivity contribution in [2.24, 2.45) is 0 Å². The molecule has 0 radical (unpaired) electrons. The van der Waals surface area contributed by atoms with Gasteiger partial charge in [0.25, 0.3) is 0 Å². The van der Waals surface area contributed by atoms with Crippen LogP contribution in [0.3, 0.4) is 0 Å². The average Bonchev–Trinajstić information content (AvgIpc) is 2.87. The van der Waals surface area contributed by atoms with Crippen molar-refractivity contribution in [1.29, 1.82) is 0 Å². The zero-order chi connectivity index (χ0) is 25.9. The van der Waals surface area contributed by atoms with E-state index in [1.165, 1.54) is 19.1 Å². The van der Waals surface area contributed by atoms with E-state index in [-0.39, 0.29) is 19.6 Å². The molecular weight excluding hydrogens is 479 g/mol. The van der Waals surface area contributed by atoms with Gasteiger partial charge in [-0.3, -0.25) is 0 Å². The van der Waals surface area contributed by atoms with Crippen molar-refractivity contribution in [1.82, 2.24) is 0 Å². The first-order chi connectivity index (χ1) is 17.1. The van der Waals surface area contributed by atoms with Crippen LogP contribution in [0.15, 0.2) is 66.7 Å². The van der Waals surface area contributed by atoms with E-state index >= 15 is 0 Å². The number of alkyl halides is 5. The SMILES string of the molecule is CCOC(=O)C(F)(F)C1CCCc2cc(OCc3cccc(-c4ccc(C(F)(F)F)cc4)c3)ccc21. The smallest absolute Gasteiger partial charge is 0.416 e. The van der Waals surface area contributed by atoms with E-state index in [4.69, 9.17) is 4.74 Å². The molecule has 0 aromatic heterocycles. The summed E-state index contributed by atoms with van der Waals surface area (Å²) in [6.45, 7) is 1.57. The van der Waals surface area contributed by atoms with Gasteiger partial charge in [0.1, 0.15) is 12.4 Å². The Morgan fingerprint density at radius 3 is 2.39 bits per heavy atom. The summed E-state index contributed by atoms with van der Waals surface area (Å²) in [4.78, 5) is 11.8.